The van der Waals surface area contributed by atoms with Gasteiger partial charge in [-0.1, -0.05) is 292 Å². The van der Waals surface area contributed by atoms with Crippen molar-refractivity contribution in [3.8, 4) is 0 Å². The molecule has 0 aliphatic heterocycles. The Morgan fingerprint density at radius 3 is 0.835 bits per heavy atom. The summed E-state index contributed by atoms with van der Waals surface area (Å²) in [6, 6.07) is 0. The summed E-state index contributed by atoms with van der Waals surface area (Å²) >= 11 is 0. The number of ether oxygens (including phenoxy) is 3. The van der Waals surface area contributed by atoms with Crippen molar-refractivity contribution in [3.63, 3.8) is 0 Å². The lowest BCUT2D eigenvalue weighted by Gasteiger charge is -2.21. The van der Waals surface area contributed by atoms with Gasteiger partial charge in [-0.3, -0.25) is 32.5 Å². The average Bonchev–Trinajstić information content (AvgIpc) is 0.939. The second kappa shape index (κ2) is 76.1. The van der Waals surface area contributed by atoms with Gasteiger partial charge >= 0.3 is 33.6 Å². The van der Waals surface area contributed by atoms with Crippen molar-refractivity contribution in [3.05, 3.63) is 194 Å². The van der Waals surface area contributed by atoms with Gasteiger partial charge in [0.2, 0.25) is 0 Å². The van der Waals surface area contributed by atoms with Crippen LogP contribution in [0.2, 0.25) is 0 Å². The van der Waals surface area contributed by atoms with Gasteiger partial charge in [-0.2, -0.15) is 0 Å². The second-order valence-electron chi connectivity index (χ2n) is 25.0. The normalized spacial score (nSPS) is 15.1. The number of hydrogen-bond acceptors (Lipinski definition) is 14. The lowest BCUT2D eigenvalue weighted by molar-refractivity contribution is -0.161. The van der Waals surface area contributed by atoms with Crippen molar-refractivity contribution in [1.29, 1.82) is 0 Å². The first kappa shape index (κ1) is 97.4. The Bertz CT molecular complexity index is 2650. The standard InChI is InChI=1S/C85H136O16P2/c1-4-7-10-13-16-19-22-25-28-31-34-35-36-37-38-39-40-41-42-43-46-48-50-53-56-59-62-65-68-71-83(88)95-74-80(86)75-97-102(91,92)98-76-81(87)77-99-103(93,94)100-79-82(101-85(90)73-70-67-64-61-58-55-52-49-45-33-30-27-24-21-18-15-12-9-6-3)78-96-84(89)72-69-66-63-60-57-54-51-47-44-32-29-26-23-20-17-14-11-8-5-2/h7-12,16-21,25-30,34-35,37-38,44-45,47,49,54-55,57-58,63,66,80-82,86-87H,4-6,13-15,22-24,31-33,36,39-43,46,48,50-53,56,59-62,64-65,67-79H2,1-3H3,(H,91,92)(H,93,94)/b10-7-,11-8-,12-9-,19-16-,20-17-,21-18-,28-25-,29-26-,30-27-,35-34-,38-37-,47-44-,49-45-,57-54-,58-55-,66-63-. The Morgan fingerprint density at radius 1 is 0.272 bits per heavy atom. The van der Waals surface area contributed by atoms with Crippen molar-refractivity contribution in [2.45, 2.75) is 283 Å². The third kappa shape index (κ3) is 77.3. The van der Waals surface area contributed by atoms with Gasteiger partial charge in [-0.15, -0.1) is 0 Å². The van der Waals surface area contributed by atoms with Gasteiger partial charge in [-0.25, -0.2) is 9.13 Å². The topological polar surface area (TPSA) is 231 Å². The first-order chi connectivity index (χ1) is 50.2. The number of hydrogen-bond donors (Lipinski definition) is 4. The average molecular weight is 1480 g/mol. The van der Waals surface area contributed by atoms with Crippen LogP contribution in [0.25, 0.3) is 0 Å². The van der Waals surface area contributed by atoms with Crippen LogP contribution in [-0.2, 0) is 55.8 Å². The van der Waals surface area contributed by atoms with E-state index in [1.54, 1.807) is 0 Å². The van der Waals surface area contributed by atoms with Crippen LogP contribution in [0.5, 0.6) is 0 Å². The summed E-state index contributed by atoms with van der Waals surface area (Å²) in [6.07, 6.45) is 99.3. The van der Waals surface area contributed by atoms with Crippen molar-refractivity contribution in [2.24, 2.45) is 0 Å². The molecule has 0 saturated carbocycles. The van der Waals surface area contributed by atoms with Crippen LogP contribution in [-0.4, -0.2) is 95.9 Å². The number of aliphatic hydroxyl groups is 2. The Morgan fingerprint density at radius 2 is 0.505 bits per heavy atom. The van der Waals surface area contributed by atoms with E-state index in [1.165, 1.54) is 57.8 Å². The molecule has 5 unspecified atom stereocenters. The SMILES string of the molecule is CC/C=C\C/C=C\C/C=C\C/C=C\C/C=C\C/C=C\CCC(=O)OCC(COP(=O)(O)OCC(O)COP(=O)(O)OCC(O)COC(=O)CCCCCCCCCCCCCCC/C=C\C/C=C\C/C=C\C/C=C\C/C=C\CC)OC(=O)CCCCC/C=C\C/C=C\C/C=C\C/C=C\C/C=C\CC. The molecular formula is C85H136O16P2. The molecule has 0 bridgehead atoms. The van der Waals surface area contributed by atoms with Gasteiger partial charge in [0, 0.05) is 19.3 Å². The molecule has 0 radical (unpaired) electrons. The highest BCUT2D eigenvalue weighted by atomic mass is 31.2. The molecule has 0 aliphatic rings. The van der Waals surface area contributed by atoms with E-state index in [-0.39, 0.29) is 19.3 Å². The first-order valence-electron chi connectivity index (χ1n) is 38.7. The van der Waals surface area contributed by atoms with E-state index in [4.69, 9.17) is 32.3 Å². The van der Waals surface area contributed by atoms with Gasteiger partial charge in [-0.05, 0) is 148 Å². The summed E-state index contributed by atoms with van der Waals surface area (Å²) in [7, 11) is -9.84. The molecule has 0 aromatic carbocycles. The summed E-state index contributed by atoms with van der Waals surface area (Å²) in [5.41, 5.74) is 0. The maximum atomic E-state index is 13.0. The second-order valence-corrected chi connectivity index (χ2v) is 27.9. The molecule has 0 amide bonds. The van der Waals surface area contributed by atoms with Gasteiger partial charge < -0.3 is 34.2 Å². The largest absolute Gasteiger partial charge is 0.472 e. The van der Waals surface area contributed by atoms with Crippen molar-refractivity contribution < 1.29 is 75.8 Å². The van der Waals surface area contributed by atoms with E-state index in [1.807, 2.05) is 18.2 Å². The number of aliphatic hydroxyl groups excluding tert-OH is 2. The lowest BCUT2D eigenvalue weighted by Crippen LogP contribution is -2.30. The highest BCUT2D eigenvalue weighted by molar-refractivity contribution is 7.47. The molecular weight excluding hydrogens is 1340 g/mol. The Hall–Kier alpha value is -5.61. The summed E-state index contributed by atoms with van der Waals surface area (Å²) in [5.74, 6) is -1.73. The molecule has 0 fully saturated rings. The molecule has 0 heterocycles. The fraction of sp³-hybridized carbons (Fsp3) is 0.588. The molecule has 0 spiro atoms. The van der Waals surface area contributed by atoms with E-state index in [9.17, 15) is 43.5 Å². The predicted molar refractivity (Wildman–Crippen MR) is 426 cm³/mol. The highest BCUT2D eigenvalue weighted by Gasteiger charge is 2.29. The third-order valence-electron chi connectivity index (χ3n) is 15.3. The van der Waals surface area contributed by atoms with Gasteiger partial charge in [0.15, 0.2) is 6.10 Å². The van der Waals surface area contributed by atoms with Crippen LogP contribution >= 0.6 is 15.6 Å². The van der Waals surface area contributed by atoms with Crippen LogP contribution < -0.4 is 0 Å². The van der Waals surface area contributed by atoms with E-state index >= 15 is 0 Å². The number of rotatable bonds is 71. The number of phosphoric acid groups is 2. The Balaban J connectivity index is 4.67. The summed E-state index contributed by atoms with van der Waals surface area (Å²) < 4.78 is 61.0. The first-order valence-corrected chi connectivity index (χ1v) is 41.7. The number of carbonyl (C=O) groups is 3. The van der Waals surface area contributed by atoms with Crippen LogP contribution in [0.1, 0.15) is 265 Å². The molecule has 16 nitrogen and oxygen atoms in total. The maximum absolute atomic E-state index is 13.0. The molecule has 0 aromatic heterocycles. The fourth-order valence-corrected chi connectivity index (χ4v) is 11.1. The number of carbonyl (C=O) groups excluding carboxylic acids is 3. The van der Waals surface area contributed by atoms with Crippen LogP contribution in [0.15, 0.2) is 194 Å². The minimum atomic E-state index is -4.97. The smallest absolute Gasteiger partial charge is 0.463 e. The molecule has 103 heavy (non-hydrogen) atoms. The van der Waals surface area contributed by atoms with Crippen LogP contribution in [0, 0.1) is 0 Å². The van der Waals surface area contributed by atoms with Crippen molar-refractivity contribution in [2.75, 3.05) is 39.6 Å². The number of allylic oxidation sites excluding steroid dienone is 32. The van der Waals surface area contributed by atoms with Crippen LogP contribution in [0.4, 0.5) is 0 Å². The summed E-state index contributed by atoms with van der Waals surface area (Å²) in [6.45, 7) is 2.18. The summed E-state index contributed by atoms with van der Waals surface area (Å²) in [5, 5.41) is 20.6. The van der Waals surface area contributed by atoms with Gasteiger partial charge in [0.25, 0.3) is 0 Å². The van der Waals surface area contributed by atoms with E-state index < -0.39 is 91.5 Å². The minimum absolute atomic E-state index is 0.0297. The number of phosphoric ester groups is 2. The van der Waals surface area contributed by atoms with Crippen LogP contribution in [0.3, 0.4) is 0 Å². The van der Waals surface area contributed by atoms with E-state index in [2.05, 4.69) is 197 Å². The van der Waals surface area contributed by atoms with E-state index in [0.29, 0.717) is 25.7 Å². The Labute approximate surface area is 623 Å². The zero-order valence-corrected chi connectivity index (χ0v) is 65.2. The zero-order valence-electron chi connectivity index (χ0n) is 63.4. The monoisotopic (exact) mass is 1470 g/mol. The van der Waals surface area contributed by atoms with Crippen molar-refractivity contribution in [1.82, 2.24) is 0 Å². The molecule has 0 aliphatic carbocycles. The Kier molecular flexibility index (Phi) is 71.9. The maximum Gasteiger partial charge on any atom is 0.472 e. The predicted octanol–water partition coefficient (Wildman–Crippen LogP) is 22.8. The highest BCUT2D eigenvalue weighted by Crippen LogP contribution is 2.45. The zero-order chi connectivity index (χ0) is 75.2. The molecule has 0 aromatic rings. The summed E-state index contributed by atoms with van der Waals surface area (Å²) in [4.78, 5) is 58.6. The number of esters is 3. The third-order valence-corrected chi connectivity index (χ3v) is 17.2. The van der Waals surface area contributed by atoms with E-state index in [0.717, 1.165) is 141 Å². The van der Waals surface area contributed by atoms with Gasteiger partial charge in [0.1, 0.15) is 25.4 Å². The molecule has 0 saturated heterocycles. The lowest BCUT2D eigenvalue weighted by atomic mass is 10.0. The quantitative estimate of drug-likeness (QED) is 0.0146. The van der Waals surface area contributed by atoms with Crippen molar-refractivity contribution >= 4 is 33.6 Å². The molecule has 0 rings (SSSR count). The molecule has 5 atom stereocenters. The molecule has 4 N–H and O–H groups in total. The molecule has 582 valence electrons. The van der Waals surface area contributed by atoms with Gasteiger partial charge in [0.05, 0.1) is 26.4 Å². The number of unbranched alkanes of at least 4 members (excludes halogenated alkanes) is 16. The fourth-order valence-electron chi connectivity index (χ4n) is 9.53. The molecule has 18 heteroatoms. The minimum Gasteiger partial charge on any atom is -0.463 e.